The van der Waals surface area contributed by atoms with Gasteiger partial charge in [-0.05, 0) is 63.2 Å². The van der Waals surface area contributed by atoms with Crippen LogP contribution in [0.4, 0.5) is 0 Å². The molecule has 2 saturated carbocycles. The number of hydrogen-bond acceptors (Lipinski definition) is 5. The fourth-order valence-electron chi connectivity index (χ4n) is 4.47. The summed E-state index contributed by atoms with van der Waals surface area (Å²) in [5.74, 6) is -0.00832. The van der Waals surface area contributed by atoms with Crippen molar-refractivity contribution in [1.82, 2.24) is 0 Å². The summed E-state index contributed by atoms with van der Waals surface area (Å²) in [4.78, 5) is 23.0. The Morgan fingerprint density at radius 2 is 1.22 bits per heavy atom. The van der Waals surface area contributed by atoms with Crippen LogP contribution < -0.4 is 0 Å². The Labute approximate surface area is 163 Å². The van der Waals surface area contributed by atoms with Gasteiger partial charge in [0.15, 0.2) is 0 Å². The van der Waals surface area contributed by atoms with Gasteiger partial charge in [-0.1, -0.05) is 27.0 Å². The molecule has 0 amide bonds. The Morgan fingerprint density at radius 3 is 1.56 bits per heavy atom. The third kappa shape index (κ3) is 6.20. The van der Waals surface area contributed by atoms with Crippen molar-refractivity contribution in [3.05, 3.63) is 25.3 Å². The molecule has 0 spiro atoms. The first-order valence-corrected chi connectivity index (χ1v) is 10.3. The van der Waals surface area contributed by atoms with Crippen LogP contribution in [0.1, 0.15) is 65.2 Å². The van der Waals surface area contributed by atoms with Crippen molar-refractivity contribution in [2.75, 3.05) is 0 Å². The van der Waals surface area contributed by atoms with Gasteiger partial charge in [-0.3, -0.25) is 0 Å². The van der Waals surface area contributed by atoms with Gasteiger partial charge in [-0.25, -0.2) is 9.59 Å². The van der Waals surface area contributed by atoms with Crippen molar-refractivity contribution in [1.29, 1.82) is 0 Å². The van der Waals surface area contributed by atoms with Crippen LogP contribution in [0.25, 0.3) is 0 Å². The van der Waals surface area contributed by atoms with Crippen molar-refractivity contribution in [2.24, 2.45) is 11.8 Å². The van der Waals surface area contributed by atoms with E-state index >= 15 is 0 Å². The summed E-state index contributed by atoms with van der Waals surface area (Å²) in [6.07, 6.45) is 10.1. The number of carbonyl (C=O) groups excluding carboxylic acids is 2. The van der Waals surface area contributed by atoms with Crippen LogP contribution in [0.3, 0.4) is 0 Å². The summed E-state index contributed by atoms with van der Waals surface area (Å²) in [6, 6.07) is 0. The predicted molar refractivity (Wildman–Crippen MR) is 104 cm³/mol. The average Bonchev–Trinajstić information content (AvgIpc) is 2.69. The Kier molecular flexibility index (Phi) is 8.55. The van der Waals surface area contributed by atoms with E-state index in [-0.39, 0.29) is 36.4 Å². The zero-order valence-corrected chi connectivity index (χ0v) is 16.7. The molecule has 6 atom stereocenters. The molecule has 2 aliphatic rings. The quantitative estimate of drug-likeness (QED) is 0.464. The molecule has 0 aromatic heterocycles. The maximum absolute atomic E-state index is 11.5. The van der Waals surface area contributed by atoms with E-state index in [1.807, 2.05) is 0 Å². The Bertz CT molecular complexity index is 483. The van der Waals surface area contributed by atoms with Crippen molar-refractivity contribution in [2.45, 2.75) is 89.6 Å². The van der Waals surface area contributed by atoms with Gasteiger partial charge in [0.1, 0.15) is 12.2 Å². The van der Waals surface area contributed by atoms with Crippen molar-refractivity contribution in [3.63, 3.8) is 0 Å². The monoisotopic (exact) mass is 378 g/mol. The molecule has 0 aliphatic heterocycles. The van der Waals surface area contributed by atoms with E-state index in [0.29, 0.717) is 11.8 Å². The van der Waals surface area contributed by atoms with Gasteiger partial charge < -0.3 is 14.2 Å². The van der Waals surface area contributed by atoms with E-state index in [0.717, 1.165) is 51.4 Å². The molecular formula is C22H34O5. The van der Waals surface area contributed by atoms with Crippen LogP contribution in [0.2, 0.25) is 0 Å². The summed E-state index contributed by atoms with van der Waals surface area (Å²) < 4.78 is 17.5. The zero-order chi connectivity index (χ0) is 19.8. The number of esters is 2. The molecule has 0 bridgehead atoms. The van der Waals surface area contributed by atoms with Gasteiger partial charge in [-0.2, -0.15) is 0 Å². The van der Waals surface area contributed by atoms with Gasteiger partial charge in [0.05, 0.1) is 12.2 Å². The first-order chi connectivity index (χ1) is 13.0. The number of rotatable bonds is 8. The topological polar surface area (TPSA) is 61.8 Å². The fourth-order valence-corrected chi connectivity index (χ4v) is 4.47. The maximum Gasteiger partial charge on any atom is 0.330 e. The largest absolute Gasteiger partial charge is 0.459 e. The lowest BCUT2D eigenvalue weighted by atomic mass is 9.81. The first-order valence-electron chi connectivity index (χ1n) is 10.3. The second-order valence-electron chi connectivity index (χ2n) is 7.70. The summed E-state index contributed by atoms with van der Waals surface area (Å²) in [5.41, 5.74) is 0. The van der Waals surface area contributed by atoms with E-state index in [1.54, 1.807) is 0 Å². The van der Waals surface area contributed by atoms with E-state index < -0.39 is 0 Å². The molecule has 0 aromatic carbocycles. The lowest BCUT2D eigenvalue weighted by Crippen LogP contribution is -2.40. The Balaban J connectivity index is 1.85. The third-order valence-electron chi connectivity index (χ3n) is 6.03. The maximum atomic E-state index is 11.5. The highest BCUT2D eigenvalue weighted by Crippen LogP contribution is 2.36. The summed E-state index contributed by atoms with van der Waals surface area (Å²) in [5, 5.41) is 0. The molecule has 27 heavy (non-hydrogen) atoms. The lowest BCUT2D eigenvalue weighted by Gasteiger charge is -2.40. The highest BCUT2D eigenvalue weighted by molar-refractivity contribution is 5.81. The molecule has 0 radical (unpaired) electrons. The molecule has 0 heterocycles. The minimum absolute atomic E-state index is 0.0298. The van der Waals surface area contributed by atoms with E-state index in [4.69, 9.17) is 14.2 Å². The molecule has 0 aromatic rings. The predicted octanol–water partition coefficient (Wildman–Crippen LogP) is 4.36. The zero-order valence-electron chi connectivity index (χ0n) is 16.7. The summed E-state index contributed by atoms with van der Waals surface area (Å²) >= 11 is 0. The van der Waals surface area contributed by atoms with Crippen LogP contribution in [-0.4, -0.2) is 36.4 Å². The molecule has 5 heteroatoms. The van der Waals surface area contributed by atoms with E-state index in [2.05, 4.69) is 27.0 Å². The van der Waals surface area contributed by atoms with Gasteiger partial charge >= 0.3 is 11.9 Å². The van der Waals surface area contributed by atoms with Gasteiger partial charge in [-0.15, -0.1) is 0 Å². The highest BCUT2D eigenvalue weighted by atomic mass is 16.5. The van der Waals surface area contributed by atoms with Gasteiger partial charge in [0.25, 0.3) is 0 Å². The van der Waals surface area contributed by atoms with Crippen molar-refractivity contribution >= 4 is 11.9 Å². The standard InChI is InChI=1S/C22H34O5/c1-5-15-13-17(9-11-19(15)26-21(23)7-3)25-18-10-12-20(16(6-2)14-18)27-22(24)8-4/h7-8,15-20H,3-6,9-14H2,1-2H3. The van der Waals surface area contributed by atoms with Crippen LogP contribution in [0, 0.1) is 11.8 Å². The number of ether oxygens (including phenoxy) is 3. The number of hydrogen-bond donors (Lipinski definition) is 0. The smallest absolute Gasteiger partial charge is 0.330 e. The minimum atomic E-state index is -0.337. The molecule has 0 saturated heterocycles. The van der Waals surface area contributed by atoms with E-state index in [1.165, 1.54) is 12.2 Å². The van der Waals surface area contributed by atoms with Gasteiger partial charge in [0.2, 0.25) is 0 Å². The number of carbonyl (C=O) groups is 2. The van der Waals surface area contributed by atoms with Crippen LogP contribution >= 0.6 is 0 Å². The molecule has 5 nitrogen and oxygen atoms in total. The van der Waals surface area contributed by atoms with Crippen molar-refractivity contribution < 1.29 is 23.8 Å². The van der Waals surface area contributed by atoms with Crippen LogP contribution in [0.15, 0.2) is 25.3 Å². The molecule has 152 valence electrons. The van der Waals surface area contributed by atoms with Crippen LogP contribution in [-0.2, 0) is 23.8 Å². The molecule has 6 unspecified atom stereocenters. The minimum Gasteiger partial charge on any atom is -0.459 e. The molecule has 2 rings (SSSR count). The van der Waals surface area contributed by atoms with E-state index in [9.17, 15) is 9.59 Å². The normalized spacial score (nSPS) is 33.7. The summed E-state index contributed by atoms with van der Waals surface area (Å²) in [6.45, 7) is 11.2. The Morgan fingerprint density at radius 1 is 0.815 bits per heavy atom. The van der Waals surface area contributed by atoms with Crippen LogP contribution in [0.5, 0.6) is 0 Å². The molecule has 0 N–H and O–H groups in total. The van der Waals surface area contributed by atoms with Gasteiger partial charge in [0, 0.05) is 12.2 Å². The second-order valence-corrected chi connectivity index (χ2v) is 7.70. The Hall–Kier alpha value is -1.62. The highest BCUT2D eigenvalue weighted by Gasteiger charge is 2.36. The fraction of sp³-hybridized carbons (Fsp3) is 0.727. The molecule has 2 aliphatic carbocycles. The first kappa shape index (κ1) is 21.7. The molecule has 2 fully saturated rings. The SMILES string of the molecule is C=CC(=O)OC1CCC(OC2CCC(OC(=O)C=C)C(CC)C2)CC1CC. The second kappa shape index (κ2) is 10.6. The lowest BCUT2D eigenvalue weighted by molar-refractivity contribution is -0.156. The molecular weight excluding hydrogens is 344 g/mol. The average molecular weight is 379 g/mol. The van der Waals surface area contributed by atoms with Crippen molar-refractivity contribution in [3.8, 4) is 0 Å². The summed E-state index contributed by atoms with van der Waals surface area (Å²) in [7, 11) is 0. The third-order valence-corrected chi connectivity index (χ3v) is 6.03.